The number of rotatable bonds is 10. The standard InChI is InChI=1S/C33H31ClO4/c34-28-18-16-27(17-19-28)29-20-30(35)32(37-22-25-12-6-2-7-13-25)33(38-23-26-14-8-3-9-15-26)31(29)36-21-24-10-4-1-5-11-24/h1-19,29,31-33H,20-23H2/t29-,31-,32+,33+/m0/s1. The Morgan fingerprint density at radius 2 is 1.03 bits per heavy atom. The molecular formula is C33H31ClO4. The third-order valence-electron chi connectivity index (χ3n) is 6.90. The van der Waals surface area contributed by atoms with Crippen molar-refractivity contribution < 1.29 is 19.0 Å². The van der Waals surface area contributed by atoms with Gasteiger partial charge in [0, 0.05) is 17.4 Å². The molecule has 4 aromatic rings. The van der Waals surface area contributed by atoms with Crippen LogP contribution in [0.5, 0.6) is 0 Å². The van der Waals surface area contributed by atoms with Gasteiger partial charge in [0.25, 0.3) is 0 Å². The number of ketones is 1. The van der Waals surface area contributed by atoms with E-state index in [1.807, 2.05) is 115 Å². The fourth-order valence-corrected chi connectivity index (χ4v) is 5.05. The lowest BCUT2D eigenvalue weighted by molar-refractivity contribution is -0.183. The van der Waals surface area contributed by atoms with Gasteiger partial charge in [-0.1, -0.05) is 115 Å². The first-order chi connectivity index (χ1) is 18.7. The first-order valence-electron chi connectivity index (χ1n) is 12.9. The van der Waals surface area contributed by atoms with Crippen LogP contribution in [0.15, 0.2) is 115 Å². The average molecular weight is 527 g/mol. The van der Waals surface area contributed by atoms with E-state index in [1.165, 1.54) is 0 Å². The third-order valence-corrected chi connectivity index (χ3v) is 7.15. The molecule has 4 aromatic carbocycles. The van der Waals surface area contributed by atoms with Crippen LogP contribution in [0.1, 0.15) is 34.6 Å². The molecular weight excluding hydrogens is 496 g/mol. The third kappa shape index (κ3) is 6.77. The maximum absolute atomic E-state index is 13.6. The molecule has 4 atom stereocenters. The normalized spacial score (nSPS) is 21.3. The Balaban J connectivity index is 1.45. The first-order valence-corrected chi connectivity index (χ1v) is 13.3. The fraction of sp³-hybridized carbons (Fsp3) is 0.242. The molecule has 0 unspecified atom stereocenters. The Bertz CT molecular complexity index is 1280. The molecule has 5 heteroatoms. The lowest BCUT2D eigenvalue weighted by atomic mass is 9.77. The molecule has 0 amide bonds. The zero-order chi connectivity index (χ0) is 26.2. The van der Waals surface area contributed by atoms with Crippen LogP contribution in [0.4, 0.5) is 0 Å². The average Bonchev–Trinajstić information content (AvgIpc) is 2.96. The quantitative estimate of drug-likeness (QED) is 0.220. The van der Waals surface area contributed by atoms with Crippen LogP contribution in [0.2, 0.25) is 5.02 Å². The molecule has 0 aromatic heterocycles. The van der Waals surface area contributed by atoms with Gasteiger partial charge in [0.2, 0.25) is 0 Å². The summed E-state index contributed by atoms with van der Waals surface area (Å²) in [5.74, 6) is -0.181. The van der Waals surface area contributed by atoms with E-state index in [1.54, 1.807) is 0 Å². The van der Waals surface area contributed by atoms with Crippen molar-refractivity contribution in [2.24, 2.45) is 0 Å². The van der Waals surface area contributed by atoms with Gasteiger partial charge in [-0.3, -0.25) is 4.79 Å². The van der Waals surface area contributed by atoms with Crippen molar-refractivity contribution in [1.29, 1.82) is 0 Å². The minimum absolute atomic E-state index is 0.0125. The summed E-state index contributed by atoms with van der Waals surface area (Å²) in [5, 5.41) is 0.651. The molecule has 0 N–H and O–H groups in total. The van der Waals surface area contributed by atoms with Gasteiger partial charge < -0.3 is 14.2 Å². The largest absolute Gasteiger partial charge is 0.370 e. The van der Waals surface area contributed by atoms with E-state index in [9.17, 15) is 4.79 Å². The van der Waals surface area contributed by atoms with Crippen LogP contribution in [0.3, 0.4) is 0 Å². The lowest BCUT2D eigenvalue weighted by Gasteiger charge is -2.41. The summed E-state index contributed by atoms with van der Waals surface area (Å²) in [6.45, 7) is 1.07. The molecule has 0 heterocycles. The summed E-state index contributed by atoms with van der Waals surface area (Å²) in [4.78, 5) is 13.6. The van der Waals surface area contributed by atoms with Gasteiger partial charge in [-0.15, -0.1) is 0 Å². The van der Waals surface area contributed by atoms with E-state index in [4.69, 9.17) is 25.8 Å². The molecule has 1 aliphatic rings. The van der Waals surface area contributed by atoms with Gasteiger partial charge in [-0.05, 0) is 34.4 Å². The Hall–Kier alpha value is -3.28. The number of benzene rings is 4. The van der Waals surface area contributed by atoms with E-state index in [0.29, 0.717) is 31.3 Å². The van der Waals surface area contributed by atoms with Gasteiger partial charge in [-0.2, -0.15) is 0 Å². The Labute approximate surface area is 229 Å². The zero-order valence-corrected chi connectivity index (χ0v) is 21.9. The molecule has 1 saturated carbocycles. The Morgan fingerprint density at radius 3 is 1.53 bits per heavy atom. The molecule has 0 radical (unpaired) electrons. The molecule has 194 valence electrons. The minimum Gasteiger partial charge on any atom is -0.370 e. The molecule has 38 heavy (non-hydrogen) atoms. The molecule has 1 fully saturated rings. The summed E-state index contributed by atoms with van der Waals surface area (Å²) < 4.78 is 19.4. The van der Waals surface area contributed by atoms with Crippen LogP contribution in [-0.2, 0) is 38.8 Å². The number of carbonyl (C=O) groups is 1. The van der Waals surface area contributed by atoms with Crippen LogP contribution in [0, 0.1) is 0 Å². The Morgan fingerprint density at radius 1 is 0.579 bits per heavy atom. The maximum atomic E-state index is 13.6. The van der Waals surface area contributed by atoms with E-state index in [-0.39, 0.29) is 11.7 Å². The summed E-state index contributed by atoms with van der Waals surface area (Å²) in [6.07, 6.45) is -1.45. The highest BCUT2D eigenvalue weighted by molar-refractivity contribution is 6.30. The number of carbonyl (C=O) groups excluding carboxylic acids is 1. The van der Waals surface area contributed by atoms with Crippen LogP contribution in [-0.4, -0.2) is 24.1 Å². The van der Waals surface area contributed by atoms with Crippen LogP contribution in [0.25, 0.3) is 0 Å². The predicted octanol–water partition coefficient (Wildman–Crippen LogP) is 7.15. The highest BCUT2D eigenvalue weighted by Crippen LogP contribution is 2.38. The summed E-state index contributed by atoms with van der Waals surface area (Å²) in [7, 11) is 0. The smallest absolute Gasteiger partial charge is 0.165 e. The Kier molecular flexibility index (Phi) is 9.00. The number of hydrogen-bond acceptors (Lipinski definition) is 4. The predicted molar refractivity (Wildman–Crippen MR) is 149 cm³/mol. The number of ether oxygens (including phenoxy) is 3. The molecule has 4 nitrogen and oxygen atoms in total. The molecule has 0 bridgehead atoms. The van der Waals surface area contributed by atoms with Crippen LogP contribution >= 0.6 is 11.6 Å². The molecule has 0 spiro atoms. The molecule has 0 saturated heterocycles. The fourth-order valence-electron chi connectivity index (χ4n) is 4.93. The van der Waals surface area contributed by atoms with E-state index in [2.05, 4.69) is 0 Å². The van der Waals surface area contributed by atoms with Crippen molar-refractivity contribution >= 4 is 17.4 Å². The van der Waals surface area contributed by atoms with Crippen molar-refractivity contribution in [3.05, 3.63) is 143 Å². The second kappa shape index (κ2) is 13.0. The van der Waals surface area contributed by atoms with E-state index in [0.717, 1.165) is 22.3 Å². The summed E-state index contributed by atoms with van der Waals surface area (Å²) in [5.41, 5.74) is 4.08. The van der Waals surface area contributed by atoms with Crippen molar-refractivity contribution in [2.45, 2.75) is 50.5 Å². The highest BCUT2D eigenvalue weighted by Gasteiger charge is 2.47. The second-order valence-corrected chi connectivity index (χ2v) is 10.0. The molecule has 5 rings (SSSR count). The van der Waals surface area contributed by atoms with Gasteiger partial charge in [0.15, 0.2) is 5.78 Å². The van der Waals surface area contributed by atoms with Crippen molar-refractivity contribution in [3.8, 4) is 0 Å². The van der Waals surface area contributed by atoms with Crippen molar-refractivity contribution in [1.82, 2.24) is 0 Å². The zero-order valence-electron chi connectivity index (χ0n) is 21.1. The summed E-state index contributed by atoms with van der Waals surface area (Å²) >= 11 is 6.18. The number of Topliss-reactive ketones (excluding diaryl/α,β-unsaturated/α-hetero) is 1. The minimum atomic E-state index is -0.747. The maximum Gasteiger partial charge on any atom is 0.165 e. The number of hydrogen-bond donors (Lipinski definition) is 0. The van der Waals surface area contributed by atoms with Gasteiger partial charge in [0.1, 0.15) is 12.2 Å². The van der Waals surface area contributed by atoms with Crippen molar-refractivity contribution in [3.63, 3.8) is 0 Å². The van der Waals surface area contributed by atoms with Crippen molar-refractivity contribution in [2.75, 3.05) is 0 Å². The molecule has 1 aliphatic carbocycles. The molecule has 0 aliphatic heterocycles. The van der Waals surface area contributed by atoms with Crippen LogP contribution < -0.4 is 0 Å². The second-order valence-electron chi connectivity index (χ2n) is 9.57. The monoisotopic (exact) mass is 526 g/mol. The van der Waals surface area contributed by atoms with E-state index < -0.39 is 18.3 Å². The van der Waals surface area contributed by atoms with Gasteiger partial charge >= 0.3 is 0 Å². The van der Waals surface area contributed by atoms with Gasteiger partial charge in [-0.25, -0.2) is 0 Å². The lowest BCUT2D eigenvalue weighted by Crippen LogP contribution is -2.54. The van der Waals surface area contributed by atoms with Gasteiger partial charge in [0.05, 0.1) is 25.9 Å². The summed E-state index contributed by atoms with van der Waals surface area (Å²) in [6, 6.07) is 37.5. The van der Waals surface area contributed by atoms with E-state index >= 15 is 0 Å². The SMILES string of the molecule is O=C1C[C@@H](c2ccc(Cl)cc2)[C@H](OCc2ccccc2)[C@@H](OCc2ccccc2)[C@@H]1OCc1ccccc1. The first kappa shape index (κ1) is 26.3. The topological polar surface area (TPSA) is 44.8 Å². The highest BCUT2D eigenvalue weighted by atomic mass is 35.5. The number of halogens is 1.